The standard InChI is InChI=1S/C18H21NO5S/c1-13(2)24-16-8-10-17(11-9-16)25(21,22)19-18(20)12-14-4-6-15(23-3)7-5-14/h4-11,13H,12H2,1-3H3,(H,19,20). The molecule has 0 fully saturated rings. The second-order valence-electron chi connectivity index (χ2n) is 5.69. The van der Waals surface area contributed by atoms with Gasteiger partial charge in [0.05, 0.1) is 24.5 Å². The van der Waals surface area contributed by atoms with Gasteiger partial charge in [-0.05, 0) is 55.8 Å². The van der Waals surface area contributed by atoms with Crippen LogP contribution in [-0.4, -0.2) is 27.5 Å². The molecule has 25 heavy (non-hydrogen) atoms. The van der Waals surface area contributed by atoms with Gasteiger partial charge in [-0.1, -0.05) is 12.1 Å². The summed E-state index contributed by atoms with van der Waals surface area (Å²) in [6.45, 7) is 3.76. The Morgan fingerprint density at radius 3 is 2.08 bits per heavy atom. The van der Waals surface area contributed by atoms with Crippen LogP contribution in [-0.2, 0) is 21.2 Å². The molecule has 2 aromatic rings. The first kappa shape index (κ1) is 18.8. The Kier molecular flexibility index (Phi) is 6.03. The highest BCUT2D eigenvalue weighted by Crippen LogP contribution is 2.17. The summed E-state index contributed by atoms with van der Waals surface area (Å²) in [4.78, 5) is 12.0. The Morgan fingerprint density at radius 2 is 1.56 bits per heavy atom. The van der Waals surface area contributed by atoms with Gasteiger partial charge in [0, 0.05) is 0 Å². The molecule has 0 radical (unpaired) electrons. The summed E-state index contributed by atoms with van der Waals surface area (Å²) in [6.07, 6.45) is -0.0516. The lowest BCUT2D eigenvalue weighted by atomic mass is 10.1. The second kappa shape index (κ2) is 8.02. The average Bonchev–Trinajstić information content (AvgIpc) is 2.55. The Labute approximate surface area is 147 Å². The quantitative estimate of drug-likeness (QED) is 0.817. The van der Waals surface area contributed by atoms with Gasteiger partial charge in [-0.15, -0.1) is 0 Å². The molecule has 1 amide bonds. The molecule has 0 aliphatic heterocycles. The van der Waals surface area contributed by atoms with Crippen LogP contribution in [0.4, 0.5) is 0 Å². The van der Waals surface area contributed by atoms with E-state index in [2.05, 4.69) is 4.72 Å². The second-order valence-corrected chi connectivity index (χ2v) is 7.37. The number of hydrogen-bond acceptors (Lipinski definition) is 5. The number of methoxy groups -OCH3 is 1. The number of carbonyl (C=O) groups is 1. The van der Waals surface area contributed by atoms with E-state index in [4.69, 9.17) is 9.47 Å². The van der Waals surface area contributed by atoms with Gasteiger partial charge < -0.3 is 9.47 Å². The summed E-state index contributed by atoms with van der Waals surface area (Å²) in [5.41, 5.74) is 0.689. The van der Waals surface area contributed by atoms with Crippen molar-refractivity contribution in [1.82, 2.24) is 4.72 Å². The number of amides is 1. The maximum absolute atomic E-state index is 12.3. The van der Waals surface area contributed by atoms with E-state index in [-0.39, 0.29) is 17.4 Å². The molecule has 0 saturated carbocycles. The van der Waals surface area contributed by atoms with Crippen molar-refractivity contribution in [3.8, 4) is 11.5 Å². The van der Waals surface area contributed by atoms with E-state index in [1.807, 2.05) is 13.8 Å². The molecule has 0 heterocycles. The Morgan fingerprint density at radius 1 is 1.00 bits per heavy atom. The van der Waals surface area contributed by atoms with Crippen molar-refractivity contribution < 1.29 is 22.7 Å². The topological polar surface area (TPSA) is 81.7 Å². The number of ether oxygens (including phenoxy) is 2. The molecule has 0 atom stereocenters. The summed E-state index contributed by atoms with van der Waals surface area (Å²) < 4.78 is 37.1. The average molecular weight is 363 g/mol. The first-order valence-corrected chi connectivity index (χ1v) is 9.24. The Bertz CT molecular complexity index is 812. The molecule has 134 valence electrons. The highest BCUT2D eigenvalue weighted by molar-refractivity contribution is 7.90. The van der Waals surface area contributed by atoms with Gasteiger partial charge >= 0.3 is 0 Å². The molecule has 0 aliphatic rings. The minimum Gasteiger partial charge on any atom is -0.497 e. The van der Waals surface area contributed by atoms with Crippen molar-refractivity contribution in [2.75, 3.05) is 7.11 Å². The molecule has 2 rings (SSSR count). The SMILES string of the molecule is COc1ccc(CC(=O)NS(=O)(=O)c2ccc(OC(C)C)cc2)cc1. The van der Waals surface area contributed by atoms with E-state index in [9.17, 15) is 13.2 Å². The van der Waals surface area contributed by atoms with Crippen LogP contribution in [0.1, 0.15) is 19.4 Å². The van der Waals surface area contributed by atoms with Crippen molar-refractivity contribution in [1.29, 1.82) is 0 Å². The fraction of sp³-hybridized carbons (Fsp3) is 0.278. The summed E-state index contributed by atoms with van der Waals surface area (Å²) in [6, 6.07) is 12.8. The highest BCUT2D eigenvalue weighted by Gasteiger charge is 2.18. The maximum atomic E-state index is 12.3. The van der Waals surface area contributed by atoms with Crippen LogP contribution in [0.2, 0.25) is 0 Å². The molecule has 2 aromatic carbocycles. The fourth-order valence-electron chi connectivity index (χ4n) is 2.14. The third-order valence-corrected chi connectivity index (χ3v) is 4.67. The van der Waals surface area contributed by atoms with Crippen molar-refractivity contribution >= 4 is 15.9 Å². The normalized spacial score (nSPS) is 11.2. The molecule has 7 heteroatoms. The fourth-order valence-corrected chi connectivity index (χ4v) is 3.13. The predicted molar refractivity (Wildman–Crippen MR) is 94.2 cm³/mol. The van der Waals surface area contributed by atoms with Gasteiger partial charge in [0.1, 0.15) is 11.5 Å². The zero-order valence-electron chi connectivity index (χ0n) is 14.4. The van der Waals surface area contributed by atoms with Crippen LogP contribution >= 0.6 is 0 Å². The molecule has 1 N–H and O–H groups in total. The van der Waals surface area contributed by atoms with Gasteiger partial charge in [0.2, 0.25) is 5.91 Å². The minimum absolute atomic E-state index is 0.00619. The van der Waals surface area contributed by atoms with E-state index >= 15 is 0 Å². The number of hydrogen-bond donors (Lipinski definition) is 1. The Balaban J connectivity index is 2.02. The van der Waals surface area contributed by atoms with Crippen LogP contribution in [0.15, 0.2) is 53.4 Å². The van der Waals surface area contributed by atoms with Gasteiger partial charge in [-0.25, -0.2) is 13.1 Å². The molecule has 0 unspecified atom stereocenters. The van der Waals surface area contributed by atoms with Gasteiger partial charge in [0.25, 0.3) is 10.0 Å². The summed E-state index contributed by atoms with van der Waals surface area (Å²) in [5.74, 6) is 0.631. The van der Waals surface area contributed by atoms with E-state index in [1.165, 1.54) is 12.1 Å². The van der Waals surface area contributed by atoms with Crippen LogP contribution in [0.25, 0.3) is 0 Å². The highest BCUT2D eigenvalue weighted by atomic mass is 32.2. The Hall–Kier alpha value is -2.54. The smallest absolute Gasteiger partial charge is 0.264 e. The van der Waals surface area contributed by atoms with Crippen molar-refractivity contribution in [2.45, 2.75) is 31.3 Å². The van der Waals surface area contributed by atoms with Crippen LogP contribution in [0.3, 0.4) is 0 Å². The monoisotopic (exact) mass is 363 g/mol. The molecule has 0 spiro atoms. The zero-order valence-corrected chi connectivity index (χ0v) is 15.2. The van der Waals surface area contributed by atoms with Gasteiger partial charge in [0.15, 0.2) is 0 Å². The summed E-state index contributed by atoms with van der Waals surface area (Å²) >= 11 is 0. The zero-order chi connectivity index (χ0) is 18.4. The molecule has 0 aliphatic carbocycles. The third kappa shape index (κ3) is 5.49. The summed E-state index contributed by atoms with van der Waals surface area (Å²) in [5, 5.41) is 0. The first-order chi connectivity index (χ1) is 11.8. The van der Waals surface area contributed by atoms with E-state index in [0.29, 0.717) is 17.1 Å². The number of benzene rings is 2. The lowest BCUT2D eigenvalue weighted by Gasteiger charge is -2.11. The predicted octanol–water partition coefficient (Wildman–Crippen LogP) is 2.53. The molecule has 6 nitrogen and oxygen atoms in total. The van der Waals surface area contributed by atoms with Crippen LogP contribution in [0.5, 0.6) is 11.5 Å². The lowest BCUT2D eigenvalue weighted by Crippen LogP contribution is -2.31. The number of rotatable bonds is 7. The summed E-state index contributed by atoms with van der Waals surface area (Å²) in [7, 11) is -2.37. The van der Waals surface area contributed by atoms with E-state index < -0.39 is 15.9 Å². The van der Waals surface area contributed by atoms with Crippen molar-refractivity contribution in [2.24, 2.45) is 0 Å². The largest absolute Gasteiger partial charge is 0.497 e. The maximum Gasteiger partial charge on any atom is 0.264 e. The number of nitrogens with one attached hydrogen (secondary N) is 1. The lowest BCUT2D eigenvalue weighted by molar-refractivity contribution is -0.118. The van der Waals surface area contributed by atoms with Crippen molar-refractivity contribution in [3.05, 3.63) is 54.1 Å². The van der Waals surface area contributed by atoms with Crippen LogP contribution < -0.4 is 14.2 Å². The van der Waals surface area contributed by atoms with E-state index in [1.54, 1.807) is 43.5 Å². The molecular weight excluding hydrogens is 342 g/mol. The van der Waals surface area contributed by atoms with E-state index in [0.717, 1.165) is 0 Å². The van der Waals surface area contributed by atoms with Gasteiger partial charge in [-0.3, -0.25) is 4.79 Å². The number of carbonyl (C=O) groups excluding carboxylic acids is 1. The van der Waals surface area contributed by atoms with Crippen molar-refractivity contribution in [3.63, 3.8) is 0 Å². The molecule has 0 bridgehead atoms. The first-order valence-electron chi connectivity index (χ1n) is 7.75. The number of sulfonamides is 1. The molecule has 0 saturated heterocycles. The molecular formula is C18H21NO5S. The van der Waals surface area contributed by atoms with Crippen LogP contribution in [0, 0.1) is 0 Å². The third-order valence-electron chi connectivity index (χ3n) is 3.28. The van der Waals surface area contributed by atoms with Gasteiger partial charge in [-0.2, -0.15) is 0 Å². The minimum atomic E-state index is -3.92. The molecule has 0 aromatic heterocycles.